The van der Waals surface area contributed by atoms with Gasteiger partial charge in [0.25, 0.3) is 0 Å². The monoisotopic (exact) mass is 118 g/mol. The molecule has 1 unspecified atom stereocenters. The molecular weight excluding hydrogens is 108 g/mol. The molecule has 0 fully saturated rings. The van der Waals surface area contributed by atoms with Gasteiger partial charge in [-0.05, 0) is 6.42 Å². The third-order valence-electron chi connectivity index (χ3n) is 0.776. The topological polar surface area (TPSA) is 60.7 Å². The molecule has 0 aromatic carbocycles. The predicted molar refractivity (Wildman–Crippen MR) is 27.7 cm³/mol. The largest absolute Gasteiger partial charge is 0.387 e. The fraction of sp³-hybridized carbons (Fsp3) is 0.600. The molecule has 0 amide bonds. The second-order valence-electron chi connectivity index (χ2n) is 1.52. The van der Waals surface area contributed by atoms with Crippen molar-refractivity contribution in [3.05, 3.63) is 13.2 Å². The highest BCUT2D eigenvalue weighted by Gasteiger charge is 2.11. The molecule has 0 saturated carbocycles. The lowest BCUT2D eigenvalue weighted by Crippen LogP contribution is -2.16. The van der Waals surface area contributed by atoms with Crippen LogP contribution in [0.4, 0.5) is 0 Å². The first-order chi connectivity index (χ1) is 3.68. The molecule has 0 aliphatic heterocycles. The van der Waals surface area contributed by atoms with Gasteiger partial charge in [0.1, 0.15) is 6.10 Å². The summed E-state index contributed by atoms with van der Waals surface area (Å²) < 4.78 is 0. The van der Waals surface area contributed by atoms with Crippen LogP contribution in [0.15, 0.2) is 0 Å². The SMILES string of the molecule is [CH2]CCC(O)[C](O)O. The number of rotatable bonds is 3. The van der Waals surface area contributed by atoms with E-state index >= 15 is 0 Å². The summed E-state index contributed by atoms with van der Waals surface area (Å²) in [6, 6.07) is 0. The minimum atomic E-state index is -1.12. The van der Waals surface area contributed by atoms with E-state index in [9.17, 15) is 0 Å². The van der Waals surface area contributed by atoms with Gasteiger partial charge < -0.3 is 15.3 Å². The van der Waals surface area contributed by atoms with Crippen molar-refractivity contribution in [3.63, 3.8) is 0 Å². The molecule has 3 N–H and O–H groups in total. The molecule has 0 aliphatic rings. The first-order valence-corrected chi connectivity index (χ1v) is 2.40. The smallest absolute Gasteiger partial charge is 0.248 e. The van der Waals surface area contributed by atoms with Gasteiger partial charge in [-0.1, -0.05) is 13.3 Å². The van der Waals surface area contributed by atoms with E-state index in [0.29, 0.717) is 12.8 Å². The predicted octanol–water partition coefficient (Wildman–Crippen LogP) is 0.196. The van der Waals surface area contributed by atoms with Crippen molar-refractivity contribution in [1.82, 2.24) is 0 Å². The maximum atomic E-state index is 8.55. The van der Waals surface area contributed by atoms with Gasteiger partial charge in [-0.3, -0.25) is 0 Å². The lowest BCUT2D eigenvalue weighted by atomic mass is 10.2. The molecule has 3 nitrogen and oxygen atoms in total. The maximum absolute atomic E-state index is 8.55. The quantitative estimate of drug-likeness (QED) is 0.496. The Morgan fingerprint density at radius 1 is 1.50 bits per heavy atom. The van der Waals surface area contributed by atoms with Crippen molar-refractivity contribution >= 4 is 0 Å². The van der Waals surface area contributed by atoms with Crippen LogP contribution < -0.4 is 0 Å². The third-order valence-corrected chi connectivity index (χ3v) is 0.776. The van der Waals surface area contributed by atoms with Gasteiger partial charge in [0.2, 0.25) is 6.29 Å². The van der Waals surface area contributed by atoms with Crippen LogP contribution in [0, 0.1) is 13.2 Å². The van der Waals surface area contributed by atoms with Crippen molar-refractivity contribution in [2.45, 2.75) is 18.9 Å². The number of hydrogen-bond donors (Lipinski definition) is 3. The summed E-state index contributed by atoms with van der Waals surface area (Å²) in [5.41, 5.74) is 0. The summed E-state index contributed by atoms with van der Waals surface area (Å²) in [6.45, 7) is 3.41. The Morgan fingerprint density at radius 2 is 2.00 bits per heavy atom. The molecule has 0 heterocycles. The van der Waals surface area contributed by atoms with Crippen LogP contribution in [-0.2, 0) is 0 Å². The minimum absolute atomic E-state index is 0.294. The molecule has 0 bridgehead atoms. The minimum Gasteiger partial charge on any atom is -0.387 e. The Balaban J connectivity index is 3.17. The van der Waals surface area contributed by atoms with Gasteiger partial charge in [-0.25, -0.2) is 0 Å². The summed E-state index contributed by atoms with van der Waals surface area (Å²) in [5, 5.41) is 24.8. The lowest BCUT2D eigenvalue weighted by Gasteiger charge is -2.07. The van der Waals surface area contributed by atoms with E-state index < -0.39 is 12.4 Å². The second kappa shape index (κ2) is 3.83. The summed E-state index contributed by atoms with van der Waals surface area (Å²) in [4.78, 5) is 0. The number of hydrogen-bond acceptors (Lipinski definition) is 3. The van der Waals surface area contributed by atoms with Crippen LogP contribution in [0.2, 0.25) is 0 Å². The Bertz CT molecular complexity index is 53.6. The Morgan fingerprint density at radius 3 is 2.12 bits per heavy atom. The molecule has 0 aliphatic carbocycles. The molecule has 48 valence electrons. The summed E-state index contributed by atoms with van der Waals surface area (Å²) >= 11 is 0. The van der Waals surface area contributed by atoms with Gasteiger partial charge in [0, 0.05) is 0 Å². The van der Waals surface area contributed by atoms with Crippen molar-refractivity contribution in [3.8, 4) is 0 Å². The fourth-order valence-corrected chi connectivity index (χ4v) is 0.322. The first-order valence-electron chi connectivity index (χ1n) is 2.40. The van der Waals surface area contributed by atoms with Crippen LogP contribution in [0.5, 0.6) is 0 Å². The molecule has 8 heavy (non-hydrogen) atoms. The maximum Gasteiger partial charge on any atom is 0.248 e. The molecular formula is C5H10O3. The zero-order chi connectivity index (χ0) is 6.57. The summed E-state index contributed by atoms with van der Waals surface area (Å²) in [6.07, 6.45) is -1.25. The second-order valence-corrected chi connectivity index (χ2v) is 1.52. The molecule has 2 radical (unpaired) electrons. The summed E-state index contributed by atoms with van der Waals surface area (Å²) in [5.74, 6) is 0. The van der Waals surface area contributed by atoms with Gasteiger partial charge in [0.05, 0.1) is 0 Å². The standard InChI is InChI=1S/C5H10O3/c1-2-3-4(6)5(7)8/h4,6-8H,1-3H2. The number of aliphatic hydroxyl groups excluding tert-OH is 2. The lowest BCUT2D eigenvalue weighted by molar-refractivity contribution is -0.0243. The normalized spacial score (nSPS) is 14.6. The Hall–Kier alpha value is -0.120. The molecule has 0 saturated heterocycles. The van der Waals surface area contributed by atoms with Crippen LogP contribution in [0.1, 0.15) is 12.8 Å². The van der Waals surface area contributed by atoms with E-state index in [2.05, 4.69) is 6.92 Å². The van der Waals surface area contributed by atoms with E-state index in [0.717, 1.165) is 0 Å². The van der Waals surface area contributed by atoms with Crippen LogP contribution >= 0.6 is 0 Å². The molecule has 0 spiro atoms. The van der Waals surface area contributed by atoms with Crippen LogP contribution in [-0.4, -0.2) is 21.4 Å². The van der Waals surface area contributed by atoms with Crippen molar-refractivity contribution in [2.75, 3.05) is 0 Å². The Kier molecular flexibility index (Phi) is 3.77. The highest BCUT2D eigenvalue weighted by Crippen LogP contribution is 2.03. The van der Waals surface area contributed by atoms with Crippen molar-refractivity contribution < 1.29 is 15.3 Å². The molecule has 0 aromatic rings. The summed E-state index contributed by atoms with van der Waals surface area (Å²) in [7, 11) is 0. The van der Waals surface area contributed by atoms with E-state index in [-0.39, 0.29) is 0 Å². The first kappa shape index (κ1) is 7.88. The van der Waals surface area contributed by atoms with E-state index in [1.165, 1.54) is 0 Å². The third kappa shape index (κ3) is 2.96. The fourth-order valence-electron chi connectivity index (χ4n) is 0.322. The molecule has 1 atom stereocenters. The molecule has 0 rings (SSSR count). The van der Waals surface area contributed by atoms with Gasteiger partial charge in [-0.2, -0.15) is 0 Å². The van der Waals surface area contributed by atoms with E-state index in [1.54, 1.807) is 0 Å². The van der Waals surface area contributed by atoms with Crippen molar-refractivity contribution in [2.24, 2.45) is 0 Å². The Labute approximate surface area is 48.6 Å². The van der Waals surface area contributed by atoms with E-state index in [1.807, 2.05) is 0 Å². The van der Waals surface area contributed by atoms with Gasteiger partial charge in [0.15, 0.2) is 0 Å². The molecule has 3 heteroatoms. The zero-order valence-electron chi connectivity index (χ0n) is 4.54. The average molecular weight is 118 g/mol. The average Bonchev–Trinajstić information content (AvgIpc) is 1.67. The zero-order valence-corrected chi connectivity index (χ0v) is 4.54. The van der Waals surface area contributed by atoms with Crippen LogP contribution in [0.3, 0.4) is 0 Å². The molecule has 0 aromatic heterocycles. The van der Waals surface area contributed by atoms with E-state index in [4.69, 9.17) is 15.3 Å². The highest BCUT2D eigenvalue weighted by atomic mass is 16.5. The van der Waals surface area contributed by atoms with Crippen molar-refractivity contribution in [1.29, 1.82) is 0 Å². The highest BCUT2D eigenvalue weighted by molar-refractivity contribution is 4.70. The van der Waals surface area contributed by atoms with Gasteiger partial charge in [-0.15, -0.1) is 0 Å². The number of aliphatic hydroxyl groups is 3. The van der Waals surface area contributed by atoms with Crippen LogP contribution in [0.25, 0.3) is 0 Å². The van der Waals surface area contributed by atoms with Gasteiger partial charge >= 0.3 is 0 Å².